The molecule has 3 heteroatoms. The fraction of sp³-hybridized carbons (Fsp3) is 0.421. The lowest BCUT2D eigenvalue weighted by Gasteiger charge is -2.57. The smallest absolute Gasteiger partial charge is 0.125 e. The molecule has 0 amide bonds. The van der Waals surface area contributed by atoms with Gasteiger partial charge in [0.05, 0.1) is 6.04 Å². The maximum atomic E-state index is 11.8. The van der Waals surface area contributed by atoms with Crippen molar-refractivity contribution in [2.75, 3.05) is 6.54 Å². The number of aromatic nitrogens is 1. The van der Waals surface area contributed by atoms with Crippen molar-refractivity contribution in [3.8, 4) is 0 Å². The molecule has 3 fully saturated rings. The summed E-state index contributed by atoms with van der Waals surface area (Å²) in [5.41, 5.74) is 5.56. The predicted octanol–water partition coefficient (Wildman–Crippen LogP) is 3.23. The minimum absolute atomic E-state index is 0.165. The summed E-state index contributed by atoms with van der Waals surface area (Å²) in [5.74, 6) is 0.611. The zero-order valence-corrected chi connectivity index (χ0v) is 12.8. The van der Waals surface area contributed by atoms with Gasteiger partial charge in [-0.05, 0) is 37.3 Å². The number of allylic oxidation sites excluding steroid dienone is 1. The molecule has 22 heavy (non-hydrogen) atoms. The number of benzene rings is 1. The Kier molecular flexibility index (Phi) is 2.49. The van der Waals surface area contributed by atoms with Gasteiger partial charge in [-0.15, -0.1) is 0 Å². The van der Waals surface area contributed by atoms with Crippen LogP contribution in [-0.2, 0) is 11.2 Å². The molecule has 0 aliphatic carbocycles. The lowest BCUT2D eigenvalue weighted by molar-refractivity contribution is -0.121. The van der Waals surface area contributed by atoms with Gasteiger partial charge < -0.3 is 9.78 Å². The molecule has 1 aromatic heterocycles. The number of carbonyl (C=O) groups is 1. The first-order valence-electron chi connectivity index (χ1n) is 8.27. The van der Waals surface area contributed by atoms with Crippen molar-refractivity contribution in [3.05, 3.63) is 47.2 Å². The number of nitrogens with zero attached hydrogens (tertiary/aromatic N) is 1. The lowest BCUT2D eigenvalue weighted by atomic mass is 9.64. The van der Waals surface area contributed by atoms with Crippen LogP contribution in [0.5, 0.6) is 0 Å². The maximum absolute atomic E-state index is 11.8. The first-order chi connectivity index (χ1) is 10.8. The summed E-state index contributed by atoms with van der Waals surface area (Å²) in [6.45, 7) is 3.15. The summed E-state index contributed by atoms with van der Waals surface area (Å²) in [5, 5.41) is 1.35. The Hall–Kier alpha value is -1.87. The van der Waals surface area contributed by atoms with Crippen LogP contribution in [0.4, 0.5) is 0 Å². The average Bonchev–Trinajstić information content (AvgIpc) is 2.93. The lowest BCUT2D eigenvalue weighted by Crippen LogP contribution is -2.60. The van der Waals surface area contributed by atoms with Crippen molar-refractivity contribution < 1.29 is 4.79 Å². The third kappa shape index (κ3) is 1.42. The van der Waals surface area contributed by atoms with E-state index < -0.39 is 0 Å². The number of aromatic amines is 1. The molecule has 1 aromatic carbocycles. The van der Waals surface area contributed by atoms with Crippen molar-refractivity contribution in [3.63, 3.8) is 0 Å². The summed E-state index contributed by atoms with van der Waals surface area (Å²) >= 11 is 0. The Labute approximate surface area is 130 Å². The molecule has 4 aliphatic heterocycles. The minimum atomic E-state index is 0.165. The molecule has 4 bridgehead atoms. The zero-order chi connectivity index (χ0) is 14.8. The molecule has 2 aromatic rings. The second-order valence-corrected chi connectivity index (χ2v) is 6.94. The summed E-state index contributed by atoms with van der Waals surface area (Å²) in [6.07, 6.45) is 5.54. The van der Waals surface area contributed by atoms with Crippen molar-refractivity contribution in [1.82, 2.24) is 9.88 Å². The number of hydrogen-bond donors (Lipinski definition) is 1. The zero-order valence-electron chi connectivity index (χ0n) is 12.8. The van der Waals surface area contributed by atoms with Gasteiger partial charge in [-0.3, -0.25) is 4.90 Å². The van der Waals surface area contributed by atoms with Crippen LogP contribution >= 0.6 is 0 Å². The summed E-state index contributed by atoms with van der Waals surface area (Å²) < 4.78 is 0. The Morgan fingerprint density at radius 1 is 1.32 bits per heavy atom. The highest BCUT2D eigenvalue weighted by molar-refractivity contribution is 5.85. The van der Waals surface area contributed by atoms with E-state index in [0.717, 1.165) is 19.4 Å². The van der Waals surface area contributed by atoms with Crippen LogP contribution in [0.3, 0.4) is 0 Å². The number of hydrogen-bond acceptors (Lipinski definition) is 2. The van der Waals surface area contributed by atoms with E-state index >= 15 is 0 Å². The number of aldehydes is 1. The van der Waals surface area contributed by atoms with Gasteiger partial charge in [-0.2, -0.15) is 0 Å². The molecule has 0 saturated carbocycles. The topological polar surface area (TPSA) is 36.1 Å². The number of fused-ring (bicyclic) bond motifs is 4. The van der Waals surface area contributed by atoms with Crippen LogP contribution in [0.25, 0.3) is 10.9 Å². The van der Waals surface area contributed by atoms with E-state index in [-0.39, 0.29) is 5.92 Å². The van der Waals surface area contributed by atoms with Crippen molar-refractivity contribution in [2.24, 2.45) is 11.8 Å². The molecule has 0 spiro atoms. The van der Waals surface area contributed by atoms with Gasteiger partial charge >= 0.3 is 0 Å². The van der Waals surface area contributed by atoms with Crippen LogP contribution < -0.4 is 0 Å². The monoisotopic (exact) mass is 292 g/mol. The molecule has 5 heterocycles. The van der Waals surface area contributed by atoms with Gasteiger partial charge in [0.1, 0.15) is 6.29 Å². The van der Waals surface area contributed by atoms with Crippen LogP contribution in [0.2, 0.25) is 0 Å². The quantitative estimate of drug-likeness (QED) is 0.647. The third-order valence-corrected chi connectivity index (χ3v) is 6.17. The Balaban J connectivity index is 1.70. The molecular weight excluding hydrogens is 272 g/mol. The highest BCUT2D eigenvalue weighted by Gasteiger charge is 2.52. The minimum Gasteiger partial charge on any atom is -0.357 e. The summed E-state index contributed by atoms with van der Waals surface area (Å²) in [7, 11) is 0. The van der Waals surface area contributed by atoms with E-state index in [1.165, 1.54) is 34.0 Å². The van der Waals surface area contributed by atoms with E-state index in [0.29, 0.717) is 18.0 Å². The standard InChI is InChI=1S/C19H20N2O/c1-2-11-9-21-17-8-14-12-5-3-4-6-16(12)20-19(14)18(21)7-13(11)15(17)10-22/h2-6,10,13,15,17-18,20H,7-9H2,1H3/t13-,15?,17+,18?/m1/s1. The highest BCUT2D eigenvalue weighted by Crippen LogP contribution is 2.53. The van der Waals surface area contributed by atoms with Crippen molar-refractivity contribution in [2.45, 2.75) is 31.8 Å². The van der Waals surface area contributed by atoms with Gasteiger partial charge in [-0.1, -0.05) is 29.8 Å². The molecule has 3 saturated heterocycles. The molecule has 1 N–H and O–H groups in total. The van der Waals surface area contributed by atoms with E-state index in [2.05, 4.69) is 47.1 Å². The van der Waals surface area contributed by atoms with Crippen molar-refractivity contribution in [1.29, 1.82) is 0 Å². The largest absolute Gasteiger partial charge is 0.357 e. The molecule has 3 unspecified atom stereocenters. The number of piperidine rings is 3. The van der Waals surface area contributed by atoms with Gasteiger partial charge in [0, 0.05) is 35.1 Å². The SMILES string of the molecule is CC=C1CN2C3C[C@H]1C(C=O)[C@@H]2Cc1c3[nH]c2ccccc12. The summed E-state index contributed by atoms with van der Waals surface area (Å²) in [4.78, 5) is 18.0. The van der Waals surface area contributed by atoms with Gasteiger partial charge in [0.25, 0.3) is 0 Å². The van der Waals surface area contributed by atoms with Crippen LogP contribution in [0, 0.1) is 11.8 Å². The first-order valence-corrected chi connectivity index (χ1v) is 8.27. The molecule has 6 rings (SSSR count). The molecule has 112 valence electrons. The van der Waals surface area contributed by atoms with Gasteiger partial charge in [-0.25, -0.2) is 0 Å². The Morgan fingerprint density at radius 3 is 3.00 bits per heavy atom. The Morgan fingerprint density at radius 2 is 2.18 bits per heavy atom. The number of carbonyl (C=O) groups excluding carboxylic acids is 1. The second kappa shape index (κ2) is 4.32. The fourth-order valence-corrected chi connectivity index (χ4v) is 5.17. The number of H-pyrrole nitrogens is 1. The van der Waals surface area contributed by atoms with E-state index in [9.17, 15) is 4.79 Å². The number of nitrogens with one attached hydrogen (secondary N) is 1. The molecular formula is C19H20N2O. The van der Waals surface area contributed by atoms with Crippen LogP contribution in [0.1, 0.15) is 30.6 Å². The third-order valence-electron chi connectivity index (χ3n) is 6.17. The van der Waals surface area contributed by atoms with E-state index in [4.69, 9.17) is 0 Å². The first kappa shape index (κ1) is 12.7. The Bertz CT molecular complexity index is 803. The number of rotatable bonds is 1. The van der Waals surface area contributed by atoms with E-state index in [1.807, 2.05) is 0 Å². The highest BCUT2D eigenvalue weighted by atomic mass is 16.1. The fourth-order valence-electron chi connectivity index (χ4n) is 5.17. The maximum Gasteiger partial charge on any atom is 0.125 e. The van der Waals surface area contributed by atoms with E-state index in [1.54, 1.807) is 0 Å². The second-order valence-electron chi connectivity index (χ2n) is 6.94. The molecule has 3 nitrogen and oxygen atoms in total. The van der Waals surface area contributed by atoms with Gasteiger partial charge in [0.2, 0.25) is 0 Å². The van der Waals surface area contributed by atoms with Crippen molar-refractivity contribution >= 4 is 17.2 Å². The van der Waals surface area contributed by atoms with Gasteiger partial charge in [0.15, 0.2) is 0 Å². The normalized spacial score (nSPS) is 37.5. The average molecular weight is 292 g/mol. The molecule has 4 aliphatic rings. The molecule has 0 radical (unpaired) electrons. The predicted molar refractivity (Wildman–Crippen MR) is 86.7 cm³/mol. The van der Waals surface area contributed by atoms with Crippen LogP contribution in [-0.4, -0.2) is 28.8 Å². The molecule has 5 atom stereocenters. The van der Waals surface area contributed by atoms with Crippen LogP contribution in [0.15, 0.2) is 35.9 Å². The number of para-hydroxylation sites is 1. The summed E-state index contributed by atoms with van der Waals surface area (Å²) in [6, 6.07) is 9.44.